The van der Waals surface area contributed by atoms with Gasteiger partial charge in [0.1, 0.15) is 11.9 Å². The zero-order valence-electron chi connectivity index (χ0n) is 9.25. The van der Waals surface area contributed by atoms with Crippen molar-refractivity contribution in [1.82, 2.24) is 0 Å². The van der Waals surface area contributed by atoms with Crippen molar-refractivity contribution in [3.63, 3.8) is 0 Å². The van der Waals surface area contributed by atoms with Gasteiger partial charge >= 0.3 is 5.97 Å². The van der Waals surface area contributed by atoms with Crippen LogP contribution in [0.4, 0.5) is 0 Å². The van der Waals surface area contributed by atoms with E-state index in [-0.39, 0.29) is 17.0 Å². The molecule has 0 spiro atoms. The lowest BCUT2D eigenvalue weighted by molar-refractivity contribution is -0.156. The molecule has 1 aromatic rings. The maximum absolute atomic E-state index is 11.1. The fourth-order valence-electron chi connectivity index (χ4n) is 1.42. The van der Waals surface area contributed by atoms with Crippen molar-refractivity contribution in [2.24, 2.45) is 5.73 Å². The van der Waals surface area contributed by atoms with Crippen molar-refractivity contribution in [2.75, 3.05) is 7.11 Å². The summed E-state index contributed by atoms with van der Waals surface area (Å²) >= 11 is 0. The van der Waals surface area contributed by atoms with Gasteiger partial charge in [-0.15, -0.1) is 0 Å². The molecule has 92 valence electrons. The molecule has 6 heteroatoms. The second-order valence-electron chi connectivity index (χ2n) is 3.41. The van der Waals surface area contributed by atoms with E-state index < -0.39 is 18.2 Å². The first-order chi connectivity index (χ1) is 7.99. The molecule has 5 N–H and O–H groups in total. The second-order valence-corrected chi connectivity index (χ2v) is 3.41. The van der Waals surface area contributed by atoms with Crippen molar-refractivity contribution in [2.45, 2.75) is 12.2 Å². The summed E-state index contributed by atoms with van der Waals surface area (Å²) in [6.07, 6.45) is -3.19. The number of hydrogen-bond acceptors (Lipinski definition) is 5. The highest BCUT2D eigenvalue weighted by atomic mass is 16.5. The average molecular weight is 238 g/mol. The number of aliphatic hydroxyl groups excluding tert-OH is 2. The highest BCUT2D eigenvalue weighted by molar-refractivity contribution is 5.96. The van der Waals surface area contributed by atoms with Crippen LogP contribution < -0.4 is 5.73 Å². The van der Waals surface area contributed by atoms with E-state index >= 15 is 0 Å². The number of hydrogen-bond donors (Lipinski definition) is 4. The summed E-state index contributed by atoms with van der Waals surface area (Å²) in [5, 5.41) is 26.7. The molecule has 0 saturated carbocycles. The van der Waals surface area contributed by atoms with Gasteiger partial charge in [0.25, 0.3) is 0 Å². The number of esters is 1. The van der Waals surface area contributed by atoms with Gasteiger partial charge in [0.15, 0.2) is 6.10 Å². The molecule has 1 aromatic carbocycles. The van der Waals surface area contributed by atoms with Gasteiger partial charge < -0.3 is 20.7 Å². The van der Waals surface area contributed by atoms with Crippen LogP contribution in [0, 0.1) is 5.41 Å². The van der Waals surface area contributed by atoms with Gasteiger partial charge in [-0.05, 0) is 5.56 Å². The number of rotatable bonds is 4. The number of nitrogens with one attached hydrogen (secondary N) is 1. The van der Waals surface area contributed by atoms with E-state index in [0.29, 0.717) is 0 Å². The fourth-order valence-corrected chi connectivity index (χ4v) is 1.42. The zero-order chi connectivity index (χ0) is 13.0. The van der Waals surface area contributed by atoms with E-state index in [1.54, 1.807) is 12.1 Å². The van der Waals surface area contributed by atoms with Crippen molar-refractivity contribution in [1.29, 1.82) is 5.41 Å². The predicted molar refractivity (Wildman–Crippen MR) is 60.4 cm³/mol. The van der Waals surface area contributed by atoms with Gasteiger partial charge in [0, 0.05) is 5.56 Å². The Morgan fingerprint density at radius 1 is 1.41 bits per heavy atom. The van der Waals surface area contributed by atoms with Crippen LogP contribution in [0.15, 0.2) is 24.3 Å². The number of methoxy groups -OCH3 is 1. The van der Waals surface area contributed by atoms with Crippen LogP contribution in [-0.2, 0) is 9.53 Å². The Balaban J connectivity index is 3.07. The van der Waals surface area contributed by atoms with Crippen LogP contribution in [0.1, 0.15) is 17.2 Å². The largest absolute Gasteiger partial charge is 0.467 e. The Labute approximate surface area is 98.1 Å². The molecule has 0 aliphatic heterocycles. The first-order valence-corrected chi connectivity index (χ1v) is 4.86. The SMILES string of the molecule is COC(=O)C(O)C(O)c1ccccc1C(=N)N. The molecule has 6 nitrogen and oxygen atoms in total. The molecule has 0 radical (unpaired) electrons. The van der Waals surface area contributed by atoms with Crippen molar-refractivity contribution in [3.05, 3.63) is 35.4 Å². The van der Waals surface area contributed by atoms with E-state index in [0.717, 1.165) is 7.11 Å². The van der Waals surface area contributed by atoms with Crippen LogP contribution in [0.25, 0.3) is 0 Å². The first kappa shape index (κ1) is 13.1. The van der Waals surface area contributed by atoms with Crippen molar-refractivity contribution >= 4 is 11.8 Å². The Hall–Kier alpha value is -1.92. The lowest BCUT2D eigenvalue weighted by Crippen LogP contribution is -2.30. The smallest absolute Gasteiger partial charge is 0.337 e. The molecule has 0 bridgehead atoms. The Morgan fingerprint density at radius 3 is 2.53 bits per heavy atom. The minimum Gasteiger partial charge on any atom is -0.467 e. The molecular weight excluding hydrogens is 224 g/mol. The van der Waals surface area contributed by atoms with Crippen LogP contribution in [0.2, 0.25) is 0 Å². The lowest BCUT2D eigenvalue weighted by atomic mass is 9.98. The molecule has 0 aliphatic rings. The van der Waals surface area contributed by atoms with Gasteiger partial charge in [-0.2, -0.15) is 0 Å². The van der Waals surface area contributed by atoms with E-state index in [1.807, 2.05) is 0 Å². The van der Waals surface area contributed by atoms with Crippen LogP contribution in [-0.4, -0.2) is 35.2 Å². The number of nitrogens with two attached hydrogens (primary N) is 1. The van der Waals surface area contributed by atoms with Gasteiger partial charge in [-0.3, -0.25) is 5.41 Å². The monoisotopic (exact) mass is 238 g/mol. The van der Waals surface area contributed by atoms with Crippen molar-refractivity contribution < 1.29 is 19.7 Å². The highest BCUT2D eigenvalue weighted by Crippen LogP contribution is 2.21. The quantitative estimate of drug-likeness (QED) is 0.321. The summed E-state index contributed by atoms with van der Waals surface area (Å²) in [5.41, 5.74) is 5.81. The van der Waals surface area contributed by atoms with E-state index in [1.165, 1.54) is 12.1 Å². The molecule has 1 rings (SSSR count). The second kappa shape index (κ2) is 5.42. The number of aliphatic hydroxyl groups is 2. The first-order valence-electron chi connectivity index (χ1n) is 4.86. The summed E-state index contributed by atoms with van der Waals surface area (Å²) in [7, 11) is 1.11. The summed E-state index contributed by atoms with van der Waals surface area (Å²) < 4.78 is 4.32. The Bertz CT molecular complexity index is 433. The molecule has 0 amide bonds. The Morgan fingerprint density at radius 2 is 2.00 bits per heavy atom. The van der Waals surface area contributed by atoms with Crippen molar-refractivity contribution in [3.8, 4) is 0 Å². The number of carbonyl (C=O) groups is 1. The molecule has 0 aromatic heterocycles. The highest BCUT2D eigenvalue weighted by Gasteiger charge is 2.28. The number of amidine groups is 1. The maximum Gasteiger partial charge on any atom is 0.337 e. The normalized spacial score (nSPS) is 13.8. The molecule has 2 unspecified atom stereocenters. The van der Waals surface area contributed by atoms with Gasteiger partial charge in [-0.1, -0.05) is 24.3 Å². The number of carbonyl (C=O) groups excluding carboxylic acids is 1. The van der Waals surface area contributed by atoms with E-state index in [2.05, 4.69) is 4.74 Å². The third kappa shape index (κ3) is 2.80. The molecule has 2 atom stereocenters. The van der Waals surface area contributed by atoms with Gasteiger partial charge in [-0.25, -0.2) is 4.79 Å². The van der Waals surface area contributed by atoms with Crippen LogP contribution in [0.5, 0.6) is 0 Å². The summed E-state index contributed by atoms with van der Waals surface area (Å²) in [4.78, 5) is 11.1. The summed E-state index contributed by atoms with van der Waals surface area (Å²) in [5.74, 6) is -1.20. The minimum absolute atomic E-state index is 0.206. The number of benzene rings is 1. The topological polar surface area (TPSA) is 117 Å². The number of ether oxygens (including phenoxy) is 1. The molecule has 0 heterocycles. The van der Waals surface area contributed by atoms with E-state index in [4.69, 9.17) is 11.1 Å². The average Bonchev–Trinajstić information content (AvgIpc) is 2.35. The molecule has 0 fully saturated rings. The summed E-state index contributed by atoms with van der Waals surface area (Å²) in [6, 6.07) is 6.24. The molecule has 0 aliphatic carbocycles. The zero-order valence-corrected chi connectivity index (χ0v) is 9.25. The van der Waals surface area contributed by atoms with Crippen LogP contribution >= 0.6 is 0 Å². The summed E-state index contributed by atoms with van der Waals surface area (Å²) in [6.45, 7) is 0. The standard InChI is InChI=1S/C11H14N2O4/c1-17-11(16)9(15)8(14)6-4-2-3-5-7(6)10(12)13/h2-5,8-9,14-15H,1H3,(H3,12,13). The van der Waals surface area contributed by atoms with Crippen LogP contribution in [0.3, 0.4) is 0 Å². The van der Waals surface area contributed by atoms with Gasteiger partial charge in [0.05, 0.1) is 7.11 Å². The van der Waals surface area contributed by atoms with E-state index in [9.17, 15) is 15.0 Å². The Kier molecular flexibility index (Phi) is 4.19. The fraction of sp³-hybridized carbons (Fsp3) is 0.273. The third-order valence-corrected chi connectivity index (χ3v) is 2.31. The molecular formula is C11H14N2O4. The number of nitrogen functional groups attached to an aromatic ring is 1. The minimum atomic E-state index is -1.71. The van der Waals surface area contributed by atoms with Gasteiger partial charge in [0.2, 0.25) is 0 Å². The maximum atomic E-state index is 11.1. The molecule has 0 saturated heterocycles. The predicted octanol–water partition coefficient (Wildman–Crippen LogP) is -0.462. The third-order valence-electron chi connectivity index (χ3n) is 2.31. The lowest BCUT2D eigenvalue weighted by Gasteiger charge is -2.18. The molecule has 17 heavy (non-hydrogen) atoms.